The average Bonchev–Trinajstić information content (AvgIpc) is 2.69. The van der Waals surface area contributed by atoms with Crippen molar-refractivity contribution in [1.29, 1.82) is 5.26 Å². The summed E-state index contributed by atoms with van der Waals surface area (Å²) in [4.78, 5) is 8.51. The fraction of sp³-hybridized carbons (Fsp3) is 0.150. The highest BCUT2D eigenvalue weighted by molar-refractivity contribution is 5.83. The molecule has 5 nitrogen and oxygen atoms in total. The Morgan fingerprint density at radius 1 is 1.12 bits per heavy atom. The van der Waals surface area contributed by atoms with E-state index in [9.17, 15) is 4.39 Å². The van der Waals surface area contributed by atoms with Crippen LogP contribution in [0.5, 0.6) is 0 Å². The standard InChI is InChI=1S/C20H18FN5/c1-23-20(26-13-16-10-14(11-22)6-7-18(16)21)25-12-15-8-9-24-19-5-3-2-4-17(15)19/h2-10H,12-13H2,1H3,(H2,23,25,26). The van der Waals surface area contributed by atoms with Crippen molar-refractivity contribution in [2.45, 2.75) is 13.1 Å². The van der Waals surface area contributed by atoms with Crippen LogP contribution < -0.4 is 10.6 Å². The molecule has 6 heteroatoms. The van der Waals surface area contributed by atoms with E-state index in [-0.39, 0.29) is 12.4 Å². The van der Waals surface area contributed by atoms with Crippen LogP contribution in [0.4, 0.5) is 4.39 Å². The second-order valence-corrected chi connectivity index (χ2v) is 5.68. The maximum absolute atomic E-state index is 13.9. The van der Waals surface area contributed by atoms with E-state index in [4.69, 9.17) is 5.26 Å². The van der Waals surface area contributed by atoms with E-state index in [1.165, 1.54) is 18.2 Å². The predicted octanol–water partition coefficient (Wildman–Crippen LogP) is 3.11. The molecule has 0 unspecified atom stereocenters. The maximum Gasteiger partial charge on any atom is 0.191 e. The highest BCUT2D eigenvalue weighted by atomic mass is 19.1. The molecule has 0 fully saturated rings. The molecule has 1 aromatic heterocycles. The highest BCUT2D eigenvalue weighted by Crippen LogP contribution is 2.15. The smallest absolute Gasteiger partial charge is 0.191 e. The van der Waals surface area contributed by atoms with Gasteiger partial charge in [0.15, 0.2) is 5.96 Å². The first-order valence-electron chi connectivity index (χ1n) is 8.17. The average molecular weight is 347 g/mol. The van der Waals surface area contributed by atoms with Crippen molar-refractivity contribution in [2.75, 3.05) is 7.05 Å². The number of nitrogens with one attached hydrogen (secondary N) is 2. The fourth-order valence-electron chi connectivity index (χ4n) is 2.67. The van der Waals surface area contributed by atoms with Gasteiger partial charge in [0, 0.05) is 37.3 Å². The van der Waals surface area contributed by atoms with Crippen molar-refractivity contribution in [3.8, 4) is 6.07 Å². The number of hydrogen-bond donors (Lipinski definition) is 2. The van der Waals surface area contributed by atoms with Gasteiger partial charge in [0.2, 0.25) is 0 Å². The molecule has 1 heterocycles. The van der Waals surface area contributed by atoms with Crippen LogP contribution in [-0.2, 0) is 13.1 Å². The van der Waals surface area contributed by atoms with Gasteiger partial charge in [0.1, 0.15) is 5.82 Å². The van der Waals surface area contributed by atoms with Gasteiger partial charge in [0.25, 0.3) is 0 Å². The topological polar surface area (TPSA) is 73.1 Å². The number of hydrogen-bond acceptors (Lipinski definition) is 3. The van der Waals surface area contributed by atoms with Gasteiger partial charge in [-0.3, -0.25) is 9.98 Å². The molecule has 2 aromatic carbocycles. The Labute approximate surface area is 151 Å². The number of fused-ring (bicyclic) bond motifs is 1. The quantitative estimate of drug-likeness (QED) is 0.562. The molecule has 3 rings (SSSR count). The molecule has 0 spiro atoms. The Morgan fingerprint density at radius 2 is 1.88 bits per heavy atom. The Kier molecular flexibility index (Phi) is 5.40. The second kappa shape index (κ2) is 8.08. The number of para-hydroxylation sites is 1. The van der Waals surface area contributed by atoms with Gasteiger partial charge in [-0.2, -0.15) is 5.26 Å². The Balaban J connectivity index is 1.66. The van der Waals surface area contributed by atoms with Crippen LogP contribution in [0.2, 0.25) is 0 Å². The summed E-state index contributed by atoms with van der Waals surface area (Å²) in [5.41, 5.74) is 2.87. The summed E-state index contributed by atoms with van der Waals surface area (Å²) in [6.07, 6.45) is 1.78. The Bertz CT molecular complexity index is 986. The third-order valence-electron chi connectivity index (χ3n) is 4.03. The number of nitrogens with zero attached hydrogens (tertiary/aromatic N) is 3. The molecule has 0 amide bonds. The van der Waals surface area contributed by atoms with Crippen molar-refractivity contribution in [3.63, 3.8) is 0 Å². The van der Waals surface area contributed by atoms with Crippen LogP contribution in [0.15, 0.2) is 59.7 Å². The van der Waals surface area contributed by atoms with E-state index < -0.39 is 0 Å². The first-order valence-corrected chi connectivity index (χ1v) is 8.17. The molecule has 0 atom stereocenters. The van der Waals surface area contributed by atoms with E-state index in [0.29, 0.717) is 23.6 Å². The zero-order valence-electron chi connectivity index (χ0n) is 14.3. The van der Waals surface area contributed by atoms with Crippen LogP contribution in [-0.4, -0.2) is 18.0 Å². The molecule has 0 aliphatic heterocycles. The Morgan fingerprint density at radius 3 is 2.65 bits per heavy atom. The molecule has 3 aromatic rings. The highest BCUT2D eigenvalue weighted by Gasteiger charge is 2.06. The van der Waals surface area contributed by atoms with E-state index >= 15 is 0 Å². The van der Waals surface area contributed by atoms with E-state index in [2.05, 4.69) is 20.6 Å². The summed E-state index contributed by atoms with van der Waals surface area (Å²) in [5.74, 6) is 0.194. The van der Waals surface area contributed by atoms with Crippen LogP contribution in [0.25, 0.3) is 10.9 Å². The molecule has 0 saturated heterocycles. The molecule has 130 valence electrons. The molecule has 26 heavy (non-hydrogen) atoms. The van der Waals surface area contributed by atoms with Crippen LogP contribution >= 0.6 is 0 Å². The van der Waals surface area contributed by atoms with Crippen LogP contribution in [0.1, 0.15) is 16.7 Å². The summed E-state index contributed by atoms with van der Waals surface area (Å²) >= 11 is 0. The SMILES string of the molecule is CN=C(NCc1cc(C#N)ccc1F)NCc1ccnc2ccccc12. The predicted molar refractivity (Wildman–Crippen MR) is 99.9 cm³/mol. The number of nitriles is 1. The normalized spacial score (nSPS) is 11.2. The molecule has 2 N–H and O–H groups in total. The molecule has 0 saturated carbocycles. The monoisotopic (exact) mass is 347 g/mol. The summed E-state index contributed by atoms with van der Waals surface area (Å²) < 4.78 is 13.9. The lowest BCUT2D eigenvalue weighted by Gasteiger charge is -2.13. The van der Waals surface area contributed by atoms with Crippen molar-refractivity contribution < 1.29 is 4.39 Å². The third-order valence-corrected chi connectivity index (χ3v) is 4.03. The van der Waals surface area contributed by atoms with Gasteiger partial charge in [-0.15, -0.1) is 0 Å². The van der Waals surface area contributed by atoms with Gasteiger partial charge in [-0.25, -0.2) is 4.39 Å². The molecule has 0 aliphatic rings. The summed E-state index contributed by atoms with van der Waals surface area (Å²) in [7, 11) is 1.65. The lowest BCUT2D eigenvalue weighted by molar-refractivity contribution is 0.604. The number of aliphatic imine (C=N–C) groups is 1. The Hall–Kier alpha value is -3.46. The minimum absolute atomic E-state index is 0.234. The van der Waals surface area contributed by atoms with Crippen molar-refractivity contribution in [1.82, 2.24) is 15.6 Å². The zero-order chi connectivity index (χ0) is 18.4. The van der Waals surface area contributed by atoms with Crippen LogP contribution in [0.3, 0.4) is 0 Å². The lowest BCUT2D eigenvalue weighted by Crippen LogP contribution is -2.36. The number of guanidine groups is 1. The molecule has 0 bridgehead atoms. The van der Waals surface area contributed by atoms with E-state index in [0.717, 1.165) is 16.5 Å². The summed E-state index contributed by atoms with van der Waals surface area (Å²) in [6, 6.07) is 16.2. The fourth-order valence-corrected chi connectivity index (χ4v) is 2.67. The van der Waals surface area contributed by atoms with Gasteiger partial charge >= 0.3 is 0 Å². The minimum atomic E-state index is -0.355. The number of rotatable bonds is 4. The number of halogens is 1. The van der Waals surface area contributed by atoms with Crippen molar-refractivity contribution >= 4 is 16.9 Å². The third kappa shape index (κ3) is 3.95. The molecule has 0 aliphatic carbocycles. The molecular weight excluding hydrogens is 329 g/mol. The van der Waals surface area contributed by atoms with Gasteiger partial charge < -0.3 is 10.6 Å². The molecule has 0 radical (unpaired) electrons. The van der Waals surface area contributed by atoms with Gasteiger partial charge in [-0.05, 0) is 35.9 Å². The summed E-state index contributed by atoms with van der Waals surface area (Å²) in [6.45, 7) is 0.793. The first-order chi connectivity index (χ1) is 12.7. The number of benzene rings is 2. The minimum Gasteiger partial charge on any atom is -0.352 e. The largest absolute Gasteiger partial charge is 0.352 e. The van der Waals surface area contributed by atoms with Crippen molar-refractivity contribution in [3.05, 3.63) is 77.2 Å². The maximum atomic E-state index is 13.9. The van der Waals surface area contributed by atoms with E-state index in [1.807, 2.05) is 36.4 Å². The molecular formula is C20H18FN5. The van der Waals surface area contributed by atoms with Crippen LogP contribution in [0, 0.1) is 17.1 Å². The van der Waals surface area contributed by atoms with Gasteiger partial charge in [-0.1, -0.05) is 18.2 Å². The number of pyridine rings is 1. The first kappa shape index (κ1) is 17.4. The van der Waals surface area contributed by atoms with E-state index in [1.54, 1.807) is 13.2 Å². The number of aromatic nitrogens is 1. The van der Waals surface area contributed by atoms with Crippen molar-refractivity contribution in [2.24, 2.45) is 4.99 Å². The van der Waals surface area contributed by atoms with Gasteiger partial charge in [0.05, 0.1) is 17.1 Å². The summed E-state index contributed by atoms with van der Waals surface area (Å²) in [5, 5.41) is 16.3. The zero-order valence-corrected chi connectivity index (χ0v) is 14.3. The second-order valence-electron chi connectivity index (χ2n) is 5.68. The lowest BCUT2D eigenvalue weighted by atomic mass is 10.1.